The van der Waals surface area contributed by atoms with E-state index in [1.165, 1.54) is 16.7 Å². The Hall–Kier alpha value is -1.40. The van der Waals surface area contributed by atoms with Gasteiger partial charge in [-0.15, -0.1) is 11.8 Å². The maximum absolute atomic E-state index is 12.7. The highest BCUT2D eigenvalue weighted by Crippen LogP contribution is 2.37. The maximum Gasteiger partial charge on any atom is 0.237 e. The standard InChI is InChI=1S/C16H19N3OS2/c1-12-7-9-19(13-5-3-4-6-14(13)22-12)15(20)11-21-16-17-8-10-18(16)2/h3-6,8,10,12H,7,9,11H2,1-2H3/t12-/m0/s1. The van der Waals surface area contributed by atoms with Crippen molar-refractivity contribution in [1.82, 2.24) is 9.55 Å². The first-order valence-electron chi connectivity index (χ1n) is 7.31. The summed E-state index contributed by atoms with van der Waals surface area (Å²) in [5.74, 6) is 0.563. The zero-order chi connectivity index (χ0) is 15.5. The first-order valence-corrected chi connectivity index (χ1v) is 9.18. The smallest absolute Gasteiger partial charge is 0.237 e. The summed E-state index contributed by atoms with van der Waals surface area (Å²) in [6.45, 7) is 3.00. The lowest BCUT2D eigenvalue weighted by molar-refractivity contribution is -0.116. The number of hydrogen-bond acceptors (Lipinski definition) is 4. The number of aromatic nitrogens is 2. The second-order valence-electron chi connectivity index (χ2n) is 5.34. The fourth-order valence-corrected chi connectivity index (χ4v) is 4.36. The number of fused-ring (bicyclic) bond motifs is 1. The molecule has 0 saturated carbocycles. The molecule has 6 heteroatoms. The van der Waals surface area contributed by atoms with Crippen LogP contribution in [0.3, 0.4) is 0 Å². The van der Waals surface area contributed by atoms with Gasteiger partial charge in [0.05, 0.1) is 11.4 Å². The van der Waals surface area contributed by atoms with Gasteiger partial charge in [-0.25, -0.2) is 4.98 Å². The molecule has 0 fully saturated rings. The molecule has 0 spiro atoms. The van der Waals surface area contributed by atoms with Crippen molar-refractivity contribution in [1.29, 1.82) is 0 Å². The van der Waals surface area contributed by atoms with Crippen LogP contribution in [0.1, 0.15) is 13.3 Å². The zero-order valence-electron chi connectivity index (χ0n) is 12.7. The van der Waals surface area contributed by atoms with Crippen molar-refractivity contribution in [3.05, 3.63) is 36.7 Å². The number of imidazole rings is 1. The molecule has 1 amide bonds. The summed E-state index contributed by atoms with van der Waals surface area (Å²) in [4.78, 5) is 20.1. The number of anilines is 1. The van der Waals surface area contributed by atoms with Crippen LogP contribution in [0.25, 0.3) is 0 Å². The average Bonchev–Trinajstić information content (AvgIpc) is 2.83. The van der Waals surface area contributed by atoms with Crippen LogP contribution in [0, 0.1) is 0 Å². The molecule has 0 aliphatic carbocycles. The Labute approximate surface area is 139 Å². The fourth-order valence-electron chi connectivity index (χ4n) is 2.44. The van der Waals surface area contributed by atoms with Crippen LogP contribution in [0.4, 0.5) is 5.69 Å². The molecule has 2 heterocycles. The van der Waals surface area contributed by atoms with Gasteiger partial charge in [0.25, 0.3) is 0 Å². The highest BCUT2D eigenvalue weighted by atomic mass is 32.2. The SMILES string of the molecule is C[C@H]1CCN(C(=O)CSc2nccn2C)c2ccccc2S1. The normalized spacial score (nSPS) is 17.9. The van der Waals surface area contributed by atoms with Gasteiger partial charge in [0.2, 0.25) is 5.91 Å². The summed E-state index contributed by atoms with van der Waals surface area (Å²) in [5, 5.41) is 1.40. The second-order valence-corrected chi connectivity index (χ2v) is 7.76. The molecule has 0 radical (unpaired) electrons. The van der Waals surface area contributed by atoms with E-state index in [0.717, 1.165) is 23.8 Å². The average molecular weight is 333 g/mol. The monoisotopic (exact) mass is 333 g/mol. The van der Waals surface area contributed by atoms with Gasteiger partial charge in [-0.3, -0.25) is 4.79 Å². The summed E-state index contributed by atoms with van der Waals surface area (Å²) in [5.41, 5.74) is 1.04. The zero-order valence-corrected chi connectivity index (χ0v) is 14.4. The fraction of sp³-hybridized carbons (Fsp3) is 0.375. The summed E-state index contributed by atoms with van der Waals surface area (Å²) < 4.78 is 1.94. The number of nitrogens with zero attached hydrogens (tertiary/aromatic N) is 3. The van der Waals surface area contributed by atoms with Crippen molar-refractivity contribution in [2.45, 2.75) is 28.6 Å². The van der Waals surface area contributed by atoms with Gasteiger partial charge >= 0.3 is 0 Å². The van der Waals surface area contributed by atoms with Gasteiger partial charge in [0.1, 0.15) is 0 Å². The highest BCUT2D eigenvalue weighted by molar-refractivity contribution is 8.00. The molecule has 22 heavy (non-hydrogen) atoms. The number of amides is 1. The van der Waals surface area contributed by atoms with Crippen LogP contribution in [-0.2, 0) is 11.8 Å². The summed E-state index contributed by atoms with van der Waals surface area (Å²) in [6.07, 6.45) is 4.66. The largest absolute Gasteiger partial charge is 0.329 e. The molecule has 0 bridgehead atoms. The van der Waals surface area contributed by atoms with Crippen LogP contribution in [0.15, 0.2) is 46.7 Å². The first kappa shape index (κ1) is 15.5. The van der Waals surface area contributed by atoms with Gasteiger partial charge in [-0.1, -0.05) is 30.8 Å². The summed E-state index contributed by atoms with van der Waals surface area (Å²) in [7, 11) is 1.94. The van der Waals surface area contributed by atoms with Gasteiger partial charge in [0, 0.05) is 36.1 Å². The Bertz CT molecular complexity index is 671. The molecule has 0 N–H and O–H groups in total. The lowest BCUT2D eigenvalue weighted by Gasteiger charge is -2.22. The summed E-state index contributed by atoms with van der Waals surface area (Å²) >= 11 is 3.35. The van der Waals surface area contributed by atoms with Crippen molar-refractivity contribution in [2.75, 3.05) is 17.2 Å². The van der Waals surface area contributed by atoms with E-state index in [0.29, 0.717) is 11.0 Å². The molecule has 116 valence electrons. The van der Waals surface area contributed by atoms with E-state index in [1.54, 1.807) is 6.20 Å². The minimum Gasteiger partial charge on any atom is -0.329 e. The van der Waals surface area contributed by atoms with E-state index in [-0.39, 0.29) is 5.91 Å². The van der Waals surface area contributed by atoms with Crippen LogP contribution >= 0.6 is 23.5 Å². The Morgan fingerprint density at radius 1 is 1.45 bits per heavy atom. The molecular formula is C16H19N3OS2. The minimum absolute atomic E-state index is 0.148. The van der Waals surface area contributed by atoms with Crippen molar-refractivity contribution < 1.29 is 4.79 Å². The molecular weight excluding hydrogens is 314 g/mol. The molecule has 2 aromatic rings. The maximum atomic E-state index is 12.7. The molecule has 3 rings (SSSR count). The van der Waals surface area contributed by atoms with Crippen LogP contribution in [0.5, 0.6) is 0 Å². The number of rotatable bonds is 3. The molecule has 1 aliphatic rings. The summed E-state index contributed by atoms with van der Waals surface area (Å²) in [6, 6.07) is 8.19. The number of hydrogen-bond donors (Lipinski definition) is 0. The Balaban J connectivity index is 1.75. The van der Waals surface area contributed by atoms with E-state index in [1.807, 2.05) is 52.7 Å². The van der Waals surface area contributed by atoms with E-state index in [4.69, 9.17) is 0 Å². The van der Waals surface area contributed by atoms with Gasteiger partial charge in [-0.2, -0.15) is 0 Å². The van der Waals surface area contributed by atoms with E-state index >= 15 is 0 Å². The third kappa shape index (κ3) is 3.33. The minimum atomic E-state index is 0.148. The van der Waals surface area contributed by atoms with E-state index < -0.39 is 0 Å². The lowest BCUT2D eigenvalue weighted by Crippen LogP contribution is -2.33. The Morgan fingerprint density at radius 3 is 3.05 bits per heavy atom. The van der Waals surface area contributed by atoms with Crippen molar-refractivity contribution in [2.24, 2.45) is 7.05 Å². The van der Waals surface area contributed by atoms with Crippen molar-refractivity contribution >= 4 is 35.1 Å². The molecule has 1 aromatic heterocycles. The molecule has 0 saturated heterocycles. The number of aryl methyl sites for hydroxylation is 1. The Kier molecular flexibility index (Phi) is 4.78. The third-order valence-electron chi connectivity index (χ3n) is 3.65. The predicted molar refractivity (Wildman–Crippen MR) is 92.7 cm³/mol. The lowest BCUT2D eigenvalue weighted by atomic mass is 10.2. The quantitative estimate of drug-likeness (QED) is 0.807. The highest BCUT2D eigenvalue weighted by Gasteiger charge is 2.24. The van der Waals surface area contributed by atoms with Crippen LogP contribution < -0.4 is 4.90 Å². The van der Waals surface area contributed by atoms with E-state index in [9.17, 15) is 4.79 Å². The molecule has 4 nitrogen and oxygen atoms in total. The van der Waals surface area contributed by atoms with Crippen molar-refractivity contribution in [3.8, 4) is 0 Å². The number of carbonyl (C=O) groups excluding carboxylic acids is 1. The van der Waals surface area contributed by atoms with Gasteiger partial charge in [-0.05, 0) is 18.6 Å². The number of thioether (sulfide) groups is 2. The molecule has 1 aromatic carbocycles. The third-order valence-corrected chi connectivity index (χ3v) is 5.93. The number of benzene rings is 1. The number of carbonyl (C=O) groups is 1. The van der Waals surface area contributed by atoms with Gasteiger partial charge in [0.15, 0.2) is 5.16 Å². The Morgan fingerprint density at radius 2 is 2.27 bits per heavy atom. The first-order chi connectivity index (χ1) is 10.6. The van der Waals surface area contributed by atoms with E-state index in [2.05, 4.69) is 18.0 Å². The number of para-hydroxylation sites is 1. The topological polar surface area (TPSA) is 38.1 Å². The van der Waals surface area contributed by atoms with Crippen LogP contribution in [0.2, 0.25) is 0 Å². The molecule has 1 aliphatic heterocycles. The second kappa shape index (κ2) is 6.79. The predicted octanol–water partition coefficient (Wildman–Crippen LogP) is 3.43. The van der Waals surface area contributed by atoms with Gasteiger partial charge < -0.3 is 9.47 Å². The van der Waals surface area contributed by atoms with Crippen LogP contribution in [-0.4, -0.2) is 33.0 Å². The molecule has 1 atom stereocenters. The molecule has 0 unspecified atom stereocenters. The van der Waals surface area contributed by atoms with Crippen molar-refractivity contribution in [3.63, 3.8) is 0 Å².